The summed E-state index contributed by atoms with van der Waals surface area (Å²) in [6, 6.07) is 4.80. The van der Waals surface area contributed by atoms with E-state index in [1.807, 2.05) is 19.1 Å². The molecule has 0 fully saturated rings. The largest absolute Gasteiger partial charge is 0.489 e. The van der Waals surface area contributed by atoms with Gasteiger partial charge in [0.1, 0.15) is 11.9 Å². The van der Waals surface area contributed by atoms with Gasteiger partial charge in [-0.15, -0.1) is 0 Å². The van der Waals surface area contributed by atoms with E-state index < -0.39 is 6.04 Å². The monoisotopic (exact) mass is 265 g/mol. The Hall–Kier alpha value is -1.59. The van der Waals surface area contributed by atoms with Gasteiger partial charge in [0.25, 0.3) is 5.91 Å². The second-order valence-corrected chi connectivity index (χ2v) is 4.87. The molecule has 0 aromatic heterocycles. The molecule has 3 N–H and O–H groups in total. The Morgan fingerprint density at radius 1 is 1.37 bits per heavy atom. The van der Waals surface area contributed by atoms with Crippen molar-refractivity contribution in [2.45, 2.75) is 31.9 Å². The number of aliphatic hydroxyl groups excluding tert-OH is 2. The molecule has 5 nitrogen and oxygen atoms in total. The summed E-state index contributed by atoms with van der Waals surface area (Å²) in [5.41, 5.74) is 1.46. The number of hydrogen-bond acceptors (Lipinski definition) is 4. The van der Waals surface area contributed by atoms with Crippen LogP contribution in [0.2, 0.25) is 0 Å². The molecule has 0 radical (unpaired) electrons. The fraction of sp³-hybridized carbons (Fsp3) is 0.500. The number of fused-ring (bicyclic) bond motifs is 1. The first kappa shape index (κ1) is 13.8. The summed E-state index contributed by atoms with van der Waals surface area (Å²) in [4.78, 5) is 12.1. The second-order valence-electron chi connectivity index (χ2n) is 4.87. The van der Waals surface area contributed by atoms with E-state index in [2.05, 4.69) is 12.2 Å². The van der Waals surface area contributed by atoms with Crippen LogP contribution in [0.15, 0.2) is 18.2 Å². The zero-order valence-corrected chi connectivity index (χ0v) is 11.1. The topological polar surface area (TPSA) is 78.8 Å². The van der Waals surface area contributed by atoms with Gasteiger partial charge in [0.2, 0.25) is 0 Å². The molecule has 0 aliphatic carbocycles. The summed E-state index contributed by atoms with van der Waals surface area (Å²) in [5.74, 6) is 0.509. The minimum Gasteiger partial charge on any atom is -0.489 e. The number of carbonyl (C=O) groups excluding carboxylic acids is 1. The van der Waals surface area contributed by atoms with Gasteiger partial charge in [0.05, 0.1) is 24.8 Å². The number of carbonyl (C=O) groups is 1. The number of aliphatic hydroxyl groups is 2. The van der Waals surface area contributed by atoms with Crippen molar-refractivity contribution in [1.29, 1.82) is 0 Å². The Kier molecular flexibility index (Phi) is 4.07. The van der Waals surface area contributed by atoms with Crippen molar-refractivity contribution in [1.82, 2.24) is 5.32 Å². The lowest BCUT2D eigenvalue weighted by atomic mass is 9.97. The average Bonchev–Trinajstić information content (AvgIpc) is 2.71. The third kappa shape index (κ3) is 2.57. The SMILES string of the molecule is CC1Oc2c(C(=O)NC(CO)CO)cccc2C1C. The molecule has 5 heteroatoms. The van der Waals surface area contributed by atoms with Crippen molar-refractivity contribution in [2.24, 2.45) is 0 Å². The highest BCUT2D eigenvalue weighted by molar-refractivity contribution is 5.97. The van der Waals surface area contributed by atoms with Gasteiger partial charge >= 0.3 is 0 Å². The van der Waals surface area contributed by atoms with E-state index in [1.165, 1.54) is 0 Å². The van der Waals surface area contributed by atoms with Crippen LogP contribution in [0.3, 0.4) is 0 Å². The zero-order valence-electron chi connectivity index (χ0n) is 11.1. The molecule has 19 heavy (non-hydrogen) atoms. The Bertz CT molecular complexity index is 471. The molecule has 2 rings (SSSR count). The van der Waals surface area contributed by atoms with Gasteiger partial charge in [-0.1, -0.05) is 19.1 Å². The van der Waals surface area contributed by atoms with Gasteiger partial charge in [0, 0.05) is 11.5 Å². The van der Waals surface area contributed by atoms with Crippen molar-refractivity contribution < 1.29 is 19.7 Å². The molecule has 1 aliphatic rings. The molecule has 0 saturated carbocycles. The van der Waals surface area contributed by atoms with Gasteiger partial charge in [-0.05, 0) is 13.0 Å². The predicted octanol–water partition coefficient (Wildman–Crippen LogP) is 0.654. The van der Waals surface area contributed by atoms with Crippen LogP contribution in [0.1, 0.15) is 35.7 Å². The number of ether oxygens (including phenoxy) is 1. The molecule has 104 valence electrons. The lowest BCUT2D eigenvalue weighted by molar-refractivity contribution is 0.0874. The van der Waals surface area contributed by atoms with E-state index in [0.29, 0.717) is 11.3 Å². The number of para-hydroxylation sites is 1. The molecule has 1 aliphatic heterocycles. The third-order valence-electron chi connectivity index (χ3n) is 3.56. The summed E-state index contributed by atoms with van der Waals surface area (Å²) >= 11 is 0. The van der Waals surface area contributed by atoms with Crippen LogP contribution in [-0.2, 0) is 0 Å². The van der Waals surface area contributed by atoms with Crippen molar-refractivity contribution in [3.63, 3.8) is 0 Å². The molecule has 2 atom stereocenters. The van der Waals surface area contributed by atoms with Crippen LogP contribution in [0, 0.1) is 0 Å². The van der Waals surface area contributed by atoms with Gasteiger partial charge < -0.3 is 20.3 Å². The van der Waals surface area contributed by atoms with Gasteiger partial charge in [0.15, 0.2) is 0 Å². The number of hydrogen-bond donors (Lipinski definition) is 3. The van der Waals surface area contributed by atoms with Crippen LogP contribution >= 0.6 is 0 Å². The Morgan fingerprint density at radius 2 is 2.05 bits per heavy atom. The summed E-state index contributed by atoms with van der Waals surface area (Å²) < 4.78 is 5.73. The average molecular weight is 265 g/mol. The fourth-order valence-corrected chi connectivity index (χ4v) is 2.18. The lowest BCUT2D eigenvalue weighted by Gasteiger charge is -2.15. The van der Waals surface area contributed by atoms with Crippen molar-refractivity contribution in [2.75, 3.05) is 13.2 Å². The van der Waals surface area contributed by atoms with E-state index in [-0.39, 0.29) is 31.1 Å². The highest BCUT2D eigenvalue weighted by Crippen LogP contribution is 2.40. The van der Waals surface area contributed by atoms with Crippen LogP contribution in [0.25, 0.3) is 0 Å². The van der Waals surface area contributed by atoms with Gasteiger partial charge in [-0.2, -0.15) is 0 Å². The van der Waals surface area contributed by atoms with E-state index >= 15 is 0 Å². The van der Waals surface area contributed by atoms with Gasteiger partial charge in [-0.3, -0.25) is 4.79 Å². The molecule has 2 unspecified atom stereocenters. The Labute approximate surface area is 112 Å². The molecule has 1 amide bonds. The number of amides is 1. The third-order valence-corrected chi connectivity index (χ3v) is 3.56. The predicted molar refractivity (Wildman–Crippen MR) is 70.4 cm³/mol. The summed E-state index contributed by atoms with van der Waals surface area (Å²) in [5, 5.41) is 20.6. The maximum absolute atomic E-state index is 12.1. The first-order chi connectivity index (χ1) is 9.08. The van der Waals surface area contributed by atoms with Crippen molar-refractivity contribution in [3.8, 4) is 5.75 Å². The van der Waals surface area contributed by atoms with Crippen LogP contribution < -0.4 is 10.1 Å². The minimum atomic E-state index is -0.653. The normalized spacial score (nSPS) is 21.1. The molecule has 1 aromatic rings. The van der Waals surface area contributed by atoms with E-state index in [0.717, 1.165) is 5.56 Å². The quantitative estimate of drug-likeness (QED) is 0.747. The van der Waals surface area contributed by atoms with Crippen LogP contribution in [0.4, 0.5) is 0 Å². The Balaban J connectivity index is 2.25. The summed E-state index contributed by atoms with van der Waals surface area (Å²) in [6.07, 6.45) is 0.0374. The van der Waals surface area contributed by atoms with Crippen LogP contribution in [-0.4, -0.2) is 41.5 Å². The second kappa shape index (κ2) is 5.59. The maximum atomic E-state index is 12.1. The van der Waals surface area contributed by atoms with E-state index in [1.54, 1.807) is 6.07 Å². The smallest absolute Gasteiger partial charge is 0.255 e. The molecular weight excluding hydrogens is 246 g/mol. The number of rotatable bonds is 4. The highest BCUT2D eigenvalue weighted by atomic mass is 16.5. The lowest BCUT2D eigenvalue weighted by Crippen LogP contribution is -2.40. The molecule has 0 bridgehead atoms. The molecule has 0 spiro atoms. The van der Waals surface area contributed by atoms with E-state index in [9.17, 15) is 4.79 Å². The van der Waals surface area contributed by atoms with Crippen LogP contribution in [0.5, 0.6) is 5.75 Å². The number of nitrogens with one attached hydrogen (secondary N) is 1. The Morgan fingerprint density at radius 3 is 2.68 bits per heavy atom. The van der Waals surface area contributed by atoms with E-state index in [4.69, 9.17) is 14.9 Å². The summed E-state index contributed by atoms with van der Waals surface area (Å²) in [6.45, 7) is 3.43. The van der Waals surface area contributed by atoms with Gasteiger partial charge in [-0.25, -0.2) is 0 Å². The highest BCUT2D eigenvalue weighted by Gasteiger charge is 2.31. The molecular formula is C14H19NO4. The molecule has 0 saturated heterocycles. The maximum Gasteiger partial charge on any atom is 0.255 e. The standard InChI is InChI=1S/C14H19NO4/c1-8-9(2)19-13-11(8)4-3-5-12(13)14(18)15-10(6-16)7-17/h3-5,8-10,16-17H,6-7H2,1-2H3,(H,15,18). The van der Waals surface area contributed by atoms with Crippen molar-refractivity contribution in [3.05, 3.63) is 29.3 Å². The molecule has 1 aromatic carbocycles. The fourth-order valence-electron chi connectivity index (χ4n) is 2.18. The minimum absolute atomic E-state index is 0.0374. The van der Waals surface area contributed by atoms with Crippen molar-refractivity contribution >= 4 is 5.91 Å². The molecule has 1 heterocycles. The first-order valence-electron chi connectivity index (χ1n) is 6.40. The zero-order chi connectivity index (χ0) is 14.0. The number of benzene rings is 1. The summed E-state index contributed by atoms with van der Waals surface area (Å²) in [7, 11) is 0. The first-order valence-corrected chi connectivity index (χ1v) is 6.40.